The van der Waals surface area contributed by atoms with E-state index in [0.717, 1.165) is 47.5 Å². The molecule has 5 heteroatoms. The lowest BCUT2D eigenvalue weighted by atomic mass is 9.96. The highest BCUT2D eigenvalue weighted by molar-refractivity contribution is 5.96. The Labute approximate surface area is 172 Å². The van der Waals surface area contributed by atoms with Gasteiger partial charge in [0.2, 0.25) is 5.72 Å². The molecule has 2 aliphatic heterocycles. The Kier molecular flexibility index (Phi) is 5.34. The van der Waals surface area contributed by atoms with Gasteiger partial charge in [-0.15, -0.1) is 0 Å². The predicted octanol–water partition coefficient (Wildman–Crippen LogP) is 2.47. The molecule has 1 aliphatic carbocycles. The zero-order chi connectivity index (χ0) is 20.6. The number of fused-ring (bicyclic) bond motifs is 1. The highest BCUT2D eigenvalue weighted by Gasteiger charge is 2.42. The van der Waals surface area contributed by atoms with Crippen LogP contribution in [0.4, 0.5) is 0 Å². The molecule has 0 bridgehead atoms. The van der Waals surface area contributed by atoms with Crippen LogP contribution in [0.25, 0.3) is 12.3 Å². The third-order valence-electron chi connectivity index (χ3n) is 6.32. The summed E-state index contributed by atoms with van der Waals surface area (Å²) >= 11 is 0. The average Bonchev–Trinajstić information content (AvgIpc) is 3.44. The van der Waals surface area contributed by atoms with Gasteiger partial charge in [-0.3, -0.25) is 9.79 Å². The number of hydrogen-bond donors (Lipinski definition) is 1. The summed E-state index contributed by atoms with van der Waals surface area (Å²) in [6.45, 7) is 12.0. The normalized spacial score (nSPS) is 23.6. The molecule has 2 heterocycles. The first kappa shape index (κ1) is 19.9. The van der Waals surface area contributed by atoms with Crippen LogP contribution in [0, 0.1) is 12.8 Å². The van der Waals surface area contributed by atoms with Gasteiger partial charge in [0, 0.05) is 29.2 Å². The summed E-state index contributed by atoms with van der Waals surface area (Å²) in [5.41, 5.74) is 2.08. The monoisotopic (exact) mass is 393 g/mol. The second-order valence-corrected chi connectivity index (χ2v) is 8.63. The summed E-state index contributed by atoms with van der Waals surface area (Å²) in [4.78, 5) is 19.4. The Bertz CT molecular complexity index is 969. The van der Waals surface area contributed by atoms with Crippen LogP contribution in [-0.4, -0.2) is 41.9 Å². The molecule has 4 rings (SSSR count). The molecule has 5 nitrogen and oxygen atoms in total. The number of rotatable bonds is 8. The van der Waals surface area contributed by atoms with Crippen LogP contribution in [0.2, 0.25) is 0 Å². The minimum atomic E-state index is -0.604. The van der Waals surface area contributed by atoms with Crippen LogP contribution in [-0.2, 0) is 4.74 Å². The Hall–Kier alpha value is -2.40. The Morgan fingerprint density at radius 1 is 1.45 bits per heavy atom. The van der Waals surface area contributed by atoms with E-state index in [2.05, 4.69) is 47.9 Å². The second-order valence-electron chi connectivity index (χ2n) is 8.63. The van der Waals surface area contributed by atoms with Gasteiger partial charge in [0.15, 0.2) is 0 Å². The molecule has 0 spiro atoms. The van der Waals surface area contributed by atoms with E-state index in [1.165, 1.54) is 6.42 Å². The topological polar surface area (TPSA) is 53.9 Å². The standard InChI is InChI=1S/C24H31N3O2/c1-5-16(2)12-27-13-22-18(4)21(10-9-19(22)11-17(27)3)23(28)25-14-24(15-26-24)29-20-7-6-8-20/h9-11,13,15-16,20H,3,5-8,12,14H2,1-2,4H3,(H,25,28). The molecule has 2 atom stereocenters. The maximum absolute atomic E-state index is 12.9. The number of benzene rings is 1. The molecule has 1 fully saturated rings. The van der Waals surface area contributed by atoms with Gasteiger partial charge in [-0.2, -0.15) is 0 Å². The molecule has 154 valence electrons. The average molecular weight is 394 g/mol. The number of carbonyl (C=O) groups excluding carboxylic acids is 1. The SMILES string of the molecule is C=C1C=c2ccc(C(=O)NCC3(OC4CCC4)C=N3)c(C)c2=CN1CC(C)CC. The van der Waals surface area contributed by atoms with Crippen molar-refractivity contribution in [2.75, 3.05) is 13.1 Å². The molecule has 0 saturated heterocycles. The minimum Gasteiger partial charge on any atom is -0.348 e. The van der Waals surface area contributed by atoms with Crippen molar-refractivity contribution in [2.24, 2.45) is 10.9 Å². The van der Waals surface area contributed by atoms with Crippen molar-refractivity contribution in [3.05, 3.63) is 46.0 Å². The number of ether oxygens (including phenoxy) is 1. The lowest BCUT2D eigenvalue weighted by Gasteiger charge is -2.29. The van der Waals surface area contributed by atoms with E-state index in [1.54, 1.807) is 6.21 Å². The largest absolute Gasteiger partial charge is 0.348 e. The summed E-state index contributed by atoms with van der Waals surface area (Å²) < 4.78 is 6.00. The third kappa shape index (κ3) is 4.15. The molecule has 1 amide bonds. The molecule has 1 aromatic carbocycles. The molecule has 2 unspecified atom stereocenters. The molecule has 0 radical (unpaired) electrons. The van der Waals surface area contributed by atoms with Gasteiger partial charge >= 0.3 is 0 Å². The summed E-state index contributed by atoms with van der Waals surface area (Å²) in [5.74, 6) is 0.499. The number of hydrogen-bond acceptors (Lipinski definition) is 4. The molecular weight excluding hydrogens is 362 g/mol. The van der Waals surface area contributed by atoms with Gasteiger partial charge in [-0.25, -0.2) is 0 Å². The Balaban J connectivity index is 1.50. The van der Waals surface area contributed by atoms with Crippen molar-refractivity contribution < 1.29 is 9.53 Å². The third-order valence-corrected chi connectivity index (χ3v) is 6.32. The molecular formula is C24H31N3O2. The molecule has 1 N–H and O–H groups in total. The smallest absolute Gasteiger partial charge is 0.251 e. The summed E-state index contributed by atoms with van der Waals surface area (Å²) in [6, 6.07) is 3.91. The van der Waals surface area contributed by atoms with Gasteiger partial charge in [-0.1, -0.05) is 32.9 Å². The first-order chi connectivity index (χ1) is 13.9. The maximum atomic E-state index is 12.9. The van der Waals surface area contributed by atoms with E-state index >= 15 is 0 Å². The minimum absolute atomic E-state index is 0.0799. The first-order valence-corrected chi connectivity index (χ1v) is 10.7. The number of carbonyl (C=O) groups is 1. The number of nitrogens with zero attached hydrogens (tertiary/aromatic N) is 2. The number of aliphatic imine (C=N–C) groups is 1. The first-order valence-electron chi connectivity index (χ1n) is 10.7. The van der Waals surface area contributed by atoms with Crippen LogP contribution in [0.1, 0.15) is 55.5 Å². The van der Waals surface area contributed by atoms with Crippen LogP contribution < -0.4 is 15.8 Å². The Morgan fingerprint density at radius 2 is 2.21 bits per heavy atom. The highest BCUT2D eigenvalue weighted by atomic mass is 16.5. The van der Waals surface area contributed by atoms with Gasteiger partial charge < -0.3 is 15.0 Å². The van der Waals surface area contributed by atoms with Crippen molar-refractivity contribution in [1.82, 2.24) is 10.2 Å². The van der Waals surface area contributed by atoms with E-state index in [9.17, 15) is 4.79 Å². The van der Waals surface area contributed by atoms with E-state index in [0.29, 0.717) is 18.0 Å². The fraction of sp³-hybridized carbons (Fsp3) is 0.500. The molecule has 1 aromatic rings. The lowest BCUT2D eigenvalue weighted by Crippen LogP contribution is -2.42. The molecule has 3 aliphatic rings. The molecule has 0 aromatic heterocycles. The van der Waals surface area contributed by atoms with E-state index in [4.69, 9.17) is 4.74 Å². The van der Waals surface area contributed by atoms with Gasteiger partial charge in [0.05, 0.1) is 18.9 Å². The zero-order valence-electron chi connectivity index (χ0n) is 17.7. The number of nitrogens with one attached hydrogen (secondary N) is 1. The summed E-state index contributed by atoms with van der Waals surface area (Å²) in [7, 11) is 0. The van der Waals surface area contributed by atoms with Gasteiger partial charge in [0.1, 0.15) is 0 Å². The van der Waals surface area contributed by atoms with Crippen LogP contribution >= 0.6 is 0 Å². The zero-order valence-corrected chi connectivity index (χ0v) is 17.7. The van der Waals surface area contributed by atoms with Gasteiger partial charge in [-0.05, 0) is 55.0 Å². The van der Waals surface area contributed by atoms with Crippen LogP contribution in [0.3, 0.4) is 0 Å². The molecule has 1 saturated carbocycles. The highest BCUT2D eigenvalue weighted by Crippen LogP contribution is 2.31. The van der Waals surface area contributed by atoms with Crippen molar-refractivity contribution in [2.45, 2.75) is 58.3 Å². The maximum Gasteiger partial charge on any atom is 0.251 e. The quantitative estimate of drug-likeness (QED) is 0.738. The lowest BCUT2D eigenvalue weighted by molar-refractivity contribution is -0.0569. The summed E-state index contributed by atoms with van der Waals surface area (Å²) in [5, 5.41) is 5.22. The van der Waals surface area contributed by atoms with Crippen LogP contribution in [0.15, 0.2) is 29.4 Å². The van der Waals surface area contributed by atoms with Crippen LogP contribution in [0.5, 0.6) is 0 Å². The van der Waals surface area contributed by atoms with Crippen molar-refractivity contribution in [3.63, 3.8) is 0 Å². The fourth-order valence-corrected chi connectivity index (χ4v) is 3.77. The fourth-order valence-electron chi connectivity index (χ4n) is 3.77. The Morgan fingerprint density at radius 3 is 2.83 bits per heavy atom. The van der Waals surface area contributed by atoms with Gasteiger partial charge in [0.25, 0.3) is 5.91 Å². The van der Waals surface area contributed by atoms with Crippen molar-refractivity contribution in [1.29, 1.82) is 0 Å². The van der Waals surface area contributed by atoms with E-state index in [1.807, 2.05) is 19.1 Å². The number of allylic oxidation sites excluding steroid dienone is 1. The van der Waals surface area contributed by atoms with Crippen molar-refractivity contribution >= 4 is 24.4 Å². The van der Waals surface area contributed by atoms with Crippen molar-refractivity contribution in [3.8, 4) is 0 Å². The van der Waals surface area contributed by atoms with E-state index < -0.39 is 5.72 Å². The second kappa shape index (κ2) is 7.79. The van der Waals surface area contributed by atoms with E-state index in [-0.39, 0.29) is 12.0 Å². The predicted molar refractivity (Wildman–Crippen MR) is 117 cm³/mol. The number of amides is 1. The summed E-state index contributed by atoms with van der Waals surface area (Å²) in [6.07, 6.45) is 10.9. The molecule has 29 heavy (non-hydrogen) atoms.